The van der Waals surface area contributed by atoms with E-state index in [4.69, 9.17) is 0 Å². The van der Waals surface area contributed by atoms with E-state index < -0.39 is 0 Å². The SMILES string of the molecule is C=CCCC1CCC(C2CCC(CCC)CC2)CC1. The van der Waals surface area contributed by atoms with Crippen LogP contribution in [0, 0.1) is 23.7 Å². The Kier molecular flexibility index (Phi) is 6.47. The van der Waals surface area contributed by atoms with Crippen molar-refractivity contribution < 1.29 is 0 Å². The van der Waals surface area contributed by atoms with Crippen LogP contribution < -0.4 is 0 Å². The maximum atomic E-state index is 3.86. The second-order valence-electron chi connectivity index (χ2n) is 7.22. The molecule has 110 valence electrons. The van der Waals surface area contributed by atoms with Gasteiger partial charge in [-0.15, -0.1) is 6.58 Å². The molecule has 2 rings (SSSR count). The van der Waals surface area contributed by atoms with Gasteiger partial charge in [0.2, 0.25) is 0 Å². The van der Waals surface area contributed by atoms with E-state index in [0.29, 0.717) is 0 Å². The first-order valence-corrected chi connectivity index (χ1v) is 8.94. The van der Waals surface area contributed by atoms with Gasteiger partial charge in [-0.3, -0.25) is 0 Å². The topological polar surface area (TPSA) is 0 Å². The minimum absolute atomic E-state index is 1.02. The Morgan fingerprint density at radius 3 is 1.68 bits per heavy atom. The van der Waals surface area contributed by atoms with Crippen molar-refractivity contribution in [3.05, 3.63) is 12.7 Å². The first kappa shape index (κ1) is 15.1. The molecule has 0 saturated heterocycles. The van der Waals surface area contributed by atoms with Gasteiger partial charge in [-0.05, 0) is 62.2 Å². The summed E-state index contributed by atoms with van der Waals surface area (Å²) < 4.78 is 0. The lowest BCUT2D eigenvalue weighted by Crippen LogP contribution is -2.25. The molecule has 2 saturated carbocycles. The Balaban J connectivity index is 1.66. The number of hydrogen-bond acceptors (Lipinski definition) is 0. The first-order valence-electron chi connectivity index (χ1n) is 8.94. The minimum Gasteiger partial charge on any atom is -0.103 e. The standard InChI is InChI=1S/C19H34/c1-3-5-7-17-10-14-19(15-11-17)18-12-8-16(6-4-2)9-13-18/h3,16-19H,1,4-15H2,2H3. The zero-order chi connectivity index (χ0) is 13.5. The Bertz CT molecular complexity index is 239. The lowest BCUT2D eigenvalue weighted by Gasteiger charge is -2.38. The number of rotatable bonds is 6. The van der Waals surface area contributed by atoms with Crippen molar-refractivity contribution in [2.45, 2.75) is 84.0 Å². The molecule has 0 nitrogen and oxygen atoms in total. The van der Waals surface area contributed by atoms with Crippen molar-refractivity contribution >= 4 is 0 Å². The fourth-order valence-corrected chi connectivity index (χ4v) is 4.66. The third kappa shape index (κ3) is 4.65. The molecule has 0 aromatic heterocycles. The highest BCUT2D eigenvalue weighted by molar-refractivity contribution is 4.82. The van der Waals surface area contributed by atoms with Crippen LogP contribution in [0.25, 0.3) is 0 Å². The zero-order valence-corrected chi connectivity index (χ0v) is 13.1. The molecule has 0 heteroatoms. The van der Waals surface area contributed by atoms with Crippen molar-refractivity contribution in [3.8, 4) is 0 Å². The maximum absolute atomic E-state index is 3.86. The van der Waals surface area contributed by atoms with Crippen molar-refractivity contribution in [2.75, 3.05) is 0 Å². The summed E-state index contributed by atoms with van der Waals surface area (Å²) in [6, 6.07) is 0. The van der Waals surface area contributed by atoms with Crippen molar-refractivity contribution in [3.63, 3.8) is 0 Å². The predicted molar refractivity (Wildman–Crippen MR) is 85.2 cm³/mol. The molecule has 0 spiro atoms. The van der Waals surface area contributed by atoms with Crippen LogP contribution >= 0.6 is 0 Å². The molecule has 0 aliphatic heterocycles. The van der Waals surface area contributed by atoms with Gasteiger partial charge in [0.15, 0.2) is 0 Å². The Morgan fingerprint density at radius 1 is 0.789 bits per heavy atom. The maximum Gasteiger partial charge on any atom is -0.0351 e. The van der Waals surface area contributed by atoms with E-state index in [1.54, 1.807) is 12.8 Å². The predicted octanol–water partition coefficient (Wildman–Crippen LogP) is 6.37. The average Bonchev–Trinajstić information content (AvgIpc) is 2.47. The molecule has 0 heterocycles. The molecular weight excluding hydrogens is 228 g/mol. The number of allylic oxidation sites excluding steroid dienone is 1. The molecule has 2 aliphatic carbocycles. The largest absolute Gasteiger partial charge is 0.103 e. The van der Waals surface area contributed by atoms with Crippen LogP contribution in [0.4, 0.5) is 0 Å². The van der Waals surface area contributed by atoms with Gasteiger partial charge < -0.3 is 0 Å². The number of hydrogen-bond donors (Lipinski definition) is 0. The highest BCUT2D eigenvalue weighted by Crippen LogP contribution is 2.42. The van der Waals surface area contributed by atoms with Gasteiger partial charge in [-0.2, -0.15) is 0 Å². The van der Waals surface area contributed by atoms with Gasteiger partial charge in [0.1, 0.15) is 0 Å². The second kappa shape index (κ2) is 8.12. The fraction of sp³-hybridized carbons (Fsp3) is 0.895. The van der Waals surface area contributed by atoms with Gasteiger partial charge >= 0.3 is 0 Å². The van der Waals surface area contributed by atoms with E-state index in [1.165, 1.54) is 64.2 Å². The molecule has 0 amide bonds. The molecule has 0 atom stereocenters. The van der Waals surface area contributed by atoms with E-state index in [2.05, 4.69) is 19.6 Å². The summed E-state index contributed by atoms with van der Waals surface area (Å²) in [4.78, 5) is 0. The second-order valence-corrected chi connectivity index (χ2v) is 7.22. The van der Waals surface area contributed by atoms with Crippen LogP contribution in [0.3, 0.4) is 0 Å². The van der Waals surface area contributed by atoms with E-state index in [1.807, 2.05) is 0 Å². The first-order chi connectivity index (χ1) is 9.33. The van der Waals surface area contributed by atoms with Crippen LogP contribution in [0.15, 0.2) is 12.7 Å². The third-order valence-electron chi connectivity index (χ3n) is 5.93. The molecule has 19 heavy (non-hydrogen) atoms. The summed E-state index contributed by atoms with van der Waals surface area (Å²) in [6.45, 7) is 6.20. The minimum atomic E-state index is 1.02. The van der Waals surface area contributed by atoms with Crippen molar-refractivity contribution in [1.29, 1.82) is 0 Å². The van der Waals surface area contributed by atoms with Crippen LogP contribution in [-0.4, -0.2) is 0 Å². The Hall–Kier alpha value is -0.260. The third-order valence-corrected chi connectivity index (χ3v) is 5.93. The summed E-state index contributed by atoms with van der Waals surface area (Å²) in [6.07, 6.45) is 19.9. The van der Waals surface area contributed by atoms with E-state index in [9.17, 15) is 0 Å². The van der Waals surface area contributed by atoms with E-state index in [0.717, 1.165) is 23.7 Å². The van der Waals surface area contributed by atoms with Gasteiger partial charge in [-0.25, -0.2) is 0 Å². The van der Waals surface area contributed by atoms with Crippen LogP contribution in [0.2, 0.25) is 0 Å². The highest BCUT2D eigenvalue weighted by Gasteiger charge is 2.30. The fourth-order valence-electron chi connectivity index (χ4n) is 4.66. The van der Waals surface area contributed by atoms with Crippen molar-refractivity contribution in [1.82, 2.24) is 0 Å². The van der Waals surface area contributed by atoms with Gasteiger partial charge in [0, 0.05) is 0 Å². The van der Waals surface area contributed by atoms with Gasteiger partial charge in [0.25, 0.3) is 0 Å². The summed E-state index contributed by atoms with van der Waals surface area (Å²) in [5.41, 5.74) is 0. The van der Waals surface area contributed by atoms with Crippen LogP contribution in [0.1, 0.15) is 84.0 Å². The highest BCUT2D eigenvalue weighted by atomic mass is 14.4. The Labute approximate surface area is 121 Å². The summed E-state index contributed by atoms with van der Waals surface area (Å²) in [5, 5.41) is 0. The normalized spacial score (nSPS) is 36.1. The lowest BCUT2D eigenvalue weighted by atomic mass is 9.68. The smallest absolute Gasteiger partial charge is 0.0351 e. The van der Waals surface area contributed by atoms with E-state index >= 15 is 0 Å². The zero-order valence-electron chi connectivity index (χ0n) is 13.1. The molecule has 0 aromatic carbocycles. The molecule has 0 N–H and O–H groups in total. The van der Waals surface area contributed by atoms with Crippen LogP contribution in [-0.2, 0) is 0 Å². The van der Waals surface area contributed by atoms with Crippen LogP contribution in [0.5, 0.6) is 0 Å². The monoisotopic (exact) mass is 262 g/mol. The van der Waals surface area contributed by atoms with Gasteiger partial charge in [-0.1, -0.05) is 51.5 Å². The molecule has 0 aromatic rings. The lowest BCUT2D eigenvalue weighted by molar-refractivity contribution is 0.141. The molecule has 2 fully saturated rings. The van der Waals surface area contributed by atoms with E-state index in [-0.39, 0.29) is 0 Å². The quantitative estimate of drug-likeness (QED) is 0.488. The summed E-state index contributed by atoms with van der Waals surface area (Å²) in [5.74, 6) is 4.27. The molecule has 0 radical (unpaired) electrons. The Morgan fingerprint density at radius 2 is 1.26 bits per heavy atom. The molecule has 0 unspecified atom stereocenters. The average molecular weight is 262 g/mol. The molecular formula is C19H34. The van der Waals surface area contributed by atoms with Gasteiger partial charge in [0.05, 0.1) is 0 Å². The van der Waals surface area contributed by atoms with Crippen molar-refractivity contribution in [2.24, 2.45) is 23.7 Å². The summed E-state index contributed by atoms with van der Waals surface area (Å²) >= 11 is 0. The molecule has 0 bridgehead atoms. The molecule has 2 aliphatic rings. The summed E-state index contributed by atoms with van der Waals surface area (Å²) in [7, 11) is 0.